The van der Waals surface area contributed by atoms with Gasteiger partial charge in [0.15, 0.2) is 0 Å². The van der Waals surface area contributed by atoms with E-state index in [4.69, 9.17) is 9.47 Å². The molecule has 0 amide bonds. The second-order valence-corrected chi connectivity index (χ2v) is 11.5. The van der Waals surface area contributed by atoms with Crippen LogP contribution in [0.15, 0.2) is 30.0 Å². The zero-order chi connectivity index (χ0) is 26.7. The van der Waals surface area contributed by atoms with E-state index in [9.17, 15) is 19.8 Å². The number of aromatic nitrogens is 1. The van der Waals surface area contributed by atoms with E-state index in [-0.39, 0.29) is 29.8 Å². The largest absolute Gasteiger partial charge is 0.458 e. The van der Waals surface area contributed by atoms with Crippen LogP contribution in [0.4, 0.5) is 0 Å². The predicted molar refractivity (Wildman–Crippen MR) is 138 cm³/mol. The maximum atomic E-state index is 13.4. The molecule has 2 N–H and O–H groups in total. The van der Waals surface area contributed by atoms with Crippen LogP contribution in [0.2, 0.25) is 0 Å². The molecule has 2 aliphatic rings. The second-order valence-electron chi connectivity index (χ2n) is 11.5. The third-order valence-electron chi connectivity index (χ3n) is 8.24. The van der Waals surface area contributed by atoms with Crippen LogP contribution >= 0.6 is 0 Å². The Morgan fingerprint density at radius 3 is 2.58 bits per heavy atom. The minimum atomic E-state index is -1.23. The third kappa shape index (κ3) is 6.61. The maximum absolute atomic E-state index is 13.4. The van der Waals surface area contributed by atoms with Crippen LogP contribution in [0.25, 0.3) is 6.08 Å². The minimum Gasteiger partial charge on any atom is -0.458 e. The normalized spacial score (nSPS) is 36.6. The summed E-state index contributed by atoms with van der Waals surface area (Å²) in [6, 6.07) is 5.63. The summed E-state index contributed by atoms with van der Waals surface area (Å²) in [4.78, 5) is 30.8. The van der Waals surface area contributed by atoms with Crippen LogP contribution in [0.1, 0.15) is 85.8 Å². The second kappa shape index (κ2) is 11.5. The van der Waals surface area contributed by atoms with E-state index in [1.807, 2.05) is 45.0 Å². The Hall–Kier alpha value is -2.09. The van der Waals surface area contributed by atoms with Crippen molar-refractivity contribution in [1.29, 1.82) is 0 Å². The van der Waals surface area contributed by atoms with Crippen LogP contribution in [-0.4, -0.2) is 57.0 Å². The van der Waals surface area contributed by atoms with E-state index < -0.39 is 35.6 Å². The Morgan fingerprint density at radius 1 is 1.22 bits per heavy atom. The van der Waals surface area contributed by atoms with Gasteiger partial charge in [-0.3, -0.25) is 14.6 Å². The monoisotopic (exact) mass is 501 g/mol. The molecule has 3 rings (SSSR count). The summed E-state index contributed by atoms with van der Waals surface area (Å²) in [7, 11) is 0. The summed E-state index contributed by atoms with van der Waals surface area (Å²) in [6.45, 7) is 11.1. The summed E-state index contributed by atoms with van der Waals surface area (Å²) in [5.74, 6) is -1.47. The van der Waals surface area contributed by atoms with Gasteiger partial charge in [-0.2, -0.15) is 0 Å². The predicted octanol–water partition coefficient (Wildman–Crippen LogP) is 4.50. The molecule has 7 atom stereocenters. The van der Waals surface area contributed by atoms with Crippen molar-refractivity contribution in [1.82, 2.24) is 4.98 Å². The molecule has 0 bridgehead atoms. The number of carbonyl (C=O) groups is 2. The first-order chi connectivity index (χ1) is 16.9. The van der Waals surface area contributed by atoms with Gasteiger partial charge in [0.05, 0.1) is 41.4 Å². The lowest BCUT2D eigenvalue weighted by Gasteiger charge is -2.35. The Kier molecular flexibility index (Phi) is 9.12. The highest BCUT2D eigenvalue weighted by Crippen LogP contribution is 2.45. The highest BCUT2D eigenvalue weighted by molar-refractivity contribution is 5.88. The zero-order valence-electron chi connectivity index (χ0n) is 22.6. The molecule has 1 aromatic heterocycles. The molecule has 3 heterocycles. The number of nitrogens with zero attached hydrogens (tertiary/aromatic N) is 1. The molecule has 0 unspecified atom stereocenters. The van der Waals surface area contributed by atoms with Crippen LogP contribution in [0.3, 0.4) is 0 Å². The van der Waals surface area contributed by atoms with Gasteiger partial charge >= 0.3 is 5.97 Å². The number of fused-ring (bicyclic) bond motifs is 1. The Labute approximate surface area is 215 Å². The number of ether oxygens (including phenoxy) is 2. The molecule has 7 nitrogen and oxygen atoms in total. The van der Waals surface area contributed by atoms with Gasteiger partial charge in [0.1, 0.15) is 11.9 Å². The van der Waals surface area contributed by atoms with Crippen molar-refractivity contribution >= 4 is 17.8 Å². The lowest BCUT2D eigenvalue weighted by molar-refractivity contribution is -0.154. The number of hydrogen-bond acceptors (Lipinski definition) is 7. The fourth-order valence-corrected chi connectivity index (χ4v) is 5.30. The van der Waals surface area contributed by atoms with Crippen LogP contribution in [0, 0.1) is 17.3 Å². The molecular weight excluding hydrogens is 458 g/mol. The van der Waals surface area contributed by atoms with E-state index >= 15 is 0 Å². The van der Waals surface area contributed by atoms with E-state index in [0.717, 1.165) is 30.5 Å². The van der Waals surface area contributed by atoms with Crippen molar-refractivity contribution in [3.63, 3.8) is 0 Å². The molecular formula is C29H43NO6. The first kappa shape index (κ1) is 28.5. The topological polar surface area (TPSA) is 109 Å². The van der Waals surface area contributed by atoms with Crippen LogP contribution in [0.5, 0.6) is 0 Å². The lowest BCUT2D eigenvalue weighted by Crippen LogP contribution is -2.46. The van der Waals surface area contributed by atoms with Crippen molar-refractivity contribution in [2.75, 3.05) is 0 Å². The molecule has 7 heteroatoms. The van der Waals surface area contributed by atoms with Crippen molar-refractivity contribution in [2.24, 2.45) is 17.3 Å². The number of carbonyl (C=O) groups excluding carboxylic acids is 2. The number of ketones is 1. The molecule has 0 spiro atoms. The third-order valence-corrected chi connectivity index (χ3v) is 8.24. The van der Waals surface area contributed by atoms with Crippen molar-refractivity contribution in [3.05, 3.63) is 35.7 Å². The number of rotatable bonds is 3. The van der Waals surface area contributed by atoms with E-state index in [1.165, 1.54) is 0 Å². The summed E-state index contributed by atoms with van der Waals surface area (Å²) in [5.41, 5.74) is 0.0968. The molecule has 36 heavy (non-hydrogen) atoms. The van der Waals surface area contributed by atoms with Gasteiger partial charge in [0.25, 0.3) is 0 Å². The van der Waals surface area contributed by atoms with Crippen LogP contribution in [-0.2, 0) is 19.1 Å². The molecule has 2 fully saturated rings. The zero-order valence-corrected chi connectivity index (χ0v) is 22.6. The van der Waals surface area contributed by atoms with Gasteiger partial charge in [-0.15, -0.1) is 0 Å². The average Bonchev–Trinajstić information content (AvgIpc) is 3.47. The fraction of sp³-hybridized carbons (Fsp3) is 0.690. The van der Waals surface area contributed by atoms with Crippen molar-refractivity contribution in [2.45, 2.75) is 110 Å². The van der Waals surface area contributed by atoms with Gasteiger partial charge in [0, 0.05) is 18.5 Å². The number of esters is 1. The molecule has 0 aromatic carbocycles. The standard InChI is InChI=1S/C29H43NO6/c1-7-21-26(33)18(2)11-10-13-29(6)24(36-29)16-22(19(3)15-20-12-8-9-14-30-20)35-25(32)17-23(31)28(4,5)27(21)34/h8-9,12,14-15,18,21-24,26,31,33H,7,10-11,13,16-17H2,1-6H3/t18-,21+,22-,23-,24+,26-,29+/m0/s1. The molecule has 2 aliphatic heterocycles. The maximum Gasteiger partial charge on any atom is 0.309 e. The molecule has 200 valence electrons. The smallest absolute Gasteiger partial charge is 0.309 e. The Morgan fingerprint density at radius 2 is 1.94 bits per heavy atom. The number of Topliss-reactive ketones (excluding diaryl/α,β-unsaturated/α-hetero) is 1. The number of cyclic esters (lactones) is 1. The number of aliphatic hydroxyl groups excluding tert-OH is 2. The van der Waals surface area contributed by atoms with E-state index in [0.29, 0.717) is 12.8 Å². The SMILES string of the molecule is CC[C@H]1C(=O)C(C)(C)[C@@H](O)CC(=O)O[C@H](C(C)=Cc2ccccn2)C[C@H]2O[C@]2(C)CCC[C@H](C)[C@@H]1O. The number of aliphatic hydroxyl groups is 2. The number of pyridine rings is 1. The van der Waals surface area contributed by atoms with Crippen molar-refractivity contribution < 1.29 is 29.3 Å². The van der Waals surface area contributed by atoms with E-state index in [2.05, 4.69) is 11.9 Å². The van der Waals surface area contributed by atoms with E-state index in [1.54, 1.807) is 20.0 Å². The minimum absolute atomic E-state index is 0.0538. The molecule has 0 aliphatic carbocycles. The Balaban J connectivity index is 1.87. The molecule has 0 saturated carbocycles. The highest BCUT2D eigenvalue weighted by Gasteiger charge is 2.53. The molecule has 0 radical (unpaired) electrons. The first-order valence-corrected chi connectivity index (χ1v) is 13.3. The van der Waals surface area contributed by atoms with Gasteiger partial charge < -0.3 is 19.7 Å². The first-order valence-electron chi connectivity index (χ1n) is 13.3. The highest BCUT2D eigenvalue weighted by atomic mass is 16.6. The number of hydrogen-bond donors (Lipinski definition) is 2. The number of epoxide rings is 1. The summed E-state index contributed by atoms with van der Waals surface area (Å²) >= 11 is 0. The average molecular weight is 502 g/mol. The lowest BCUT2D eigenvalue weighted by atomic mass is 9.71. The Bertz CT molecular complexity index is 944. The molecule has 1 aromatic rings. The fourth-order valence-electron chi connectivity index (χ4n) is 5.30. The van der Waals surface area contributed by atoms with Gasteiger partial charge in [0.2, 0.25) is 0 Å². The van der Waals surface area contributed by atoms with Gasteiger partial charge in [-0.25, -0.2) is 0 Å². The summed E-state index contributed by atoms with van der Waals surface area (Å²) in [6.07, 6.45) is 4.11. The summed E-state index contributed by atoms with van der Waals surface area (Å²) in [5, 5.41) is 22.0. The van der Waals surface area contributed by atoms with Gasteiger partial charge in [-0.1, -0.05) is 40.2 Å². The quantitative estimate of drug-likeness (QED) is 0.464. The van der Waals surface area contributed by atoms with Crippen molar-refractivity contribution in [3.8, 4) is 0 Å². The summed E-state index contributed by atoms with van der Waals surface area (Å²) < 4.78 is 12.0. The molecule has 2 saturated heterocycles. The van der Waals surface area contributed by atoms with Crippen LogP contribution < -0.4 is 0 Å². The van der Waals surface area contributed by atoms with Gasteiger partial charge in [-0.05, 0) is 62.8 Å².